The highest BCUT2D eigenvalue weighted by Crippen LogP contribution is 2.20. The topological polar surface area (TPSA) is 88.6 Å². The van der Waals surface area contributed by atoms with Crippen molar-refractivity contribution < 1.29 is 17.9 Å². The van der Waals surface area contributed by atoms with Gasteiger partial charge in [-0.1, -0.05) is 23.5 Å². The number of aryl methyl sites for hydroxylation is 1. The number of sulfonamides is 1. The number of benzene rings is 1. The van der Waals surface area contributed by atoms with Crippen molar-refractivity contribution in [2.75, 3.05) is 19.6 Å². The highest BCUT2D eigenvalue weighted by Gasteiger charge is 2.28. The average Bonchev–Trinajstić information content (AvgIpc) is 3.27. The third-order valence-corrected chi connectivity index (χ3v) is 6.23. The molecule has 1 saturated heterocycles. The second kappa shape index (κ2) is 8.15. The van der Waals surface area contributed by atoms with E-state index in [1.54, 1.807) is 23.2 Å². The molecule has 3 rings (SSSR count). The van der Waals surface area contributed by atoms with Crippen LogP contribution >= 0.6 is 11.3 Å². The van der Waals surface area contributed by atoms with Gasteiger partial charge in [0.15, 0.2) is 0 Å². The van der Waals surface area contributed by atoms with Gasteiger partial charge < -0.3 is 9.64 Å². The number of carbonyl (C=O) groups excluding carboxylic acids is 1. The van der Waals surface area contributed by atoms with Crippen LogP contribution in [0.4, 0.5) is 0 Å². The van der Waals surface area contributed by atoms with Crippen LogP contribution in [0.1, 0.15) is 18.4 Å². The molecule has 7 nitrogen and oxygen atoms in total. The fourth-order valence-electron chi connectivity index (χ4n) is 2.78. The second-order valence-electron chi connectivity index (χ2n) is 6.13. The van der Waals surface area contributed by atoms with Crippen LogP contribution < -0.4 is 9.46 Å². The van der Waals surface area contributed by atoms with Crippen molar-refractivity contribution in [1.82, 2.24) is 14.6 Å². The maximum atomic E-state index is 12.3. The summed E-state index contributed by atoms with van der Waals surface area (Å²) in [7, 11) is -3.60. The van der Waals surface area contributed by atoms with Crippen LogP contribution in [0.15, 0.2) is 40.7 Å². The molecule has 0 spiro atoms. The van der Waals surface area contributed by atoms with E-state index in [1.807, 2.05) is 18.4 Å². The molecule has 26 heavy (non-hydrogen) atoms. The van der Waals surface area contributed by atoms with E-state index in [9.17, 15) is 13.2 Å². The summed E-state index contributed by atoms with van der Waals surface area (Å²) in [5, 5.41) is 2.45. The van der Waals surface area contributed by atoms with E-state index < -0.39 is 10.0 Å². The Morgan fingerprint density at radius 3 is 3.04 bits per heavy atom. The van der Waals surface area contributed by atoms with Gasteiger partial charge in [0.1, 0.15) is 6.10 Å². The summed E-state index contributed by atoms with van der Waals surface area (Å²) in [5.74, 6) is -0.0813. The predicted octanol–water partition coefficient (Wildman–Crippen LogP) is 1.80. The smallest absolute Gasteiger partial charge is 0.273 e. The molecule has 2 heterocycles. The van der Waals surface area contributed by atoms with Crippen molar-refractivity contribution in [2.24, 2.45) is 0 Å². The van der Waals surface area contributed by atoms with Crippen molar-refractivity contribution >= 4 is 27.3 Å². The zero-order chi connectivity index (χ0) is 18.6. The summed E-state index contributed by atoms with van der Waals surface area (Å²) in [6.07, 6.45) is 2.49. The van der Waals surface area contributed by atoms with Gasteiger partial charge in [0.2, 0.25) is 15.9 Å². The summed E-state index contributed by atoms with van der Waals surface area (Å²) in [6.45, 7) is 3.02. The van der Waals surface area contributed by atoms with Gasteiger partial charge in [-0.3, -0.25) is 4.79 Å². The number of rotatable bonds is 7. The fraction of sp³-hybridized carbons (Fsp3) is 0.412. The summed E-state index contributed by atoms with van der Waals surface area (Å²) >= 11 is 1.42. The molecule has 1 amide bonds. The van der Waals surface area contributed by atoms with E-state index >= 15 is 0 Å². The number of nitrogens with one attached hydrogen (secondary N) is 1. The van der Waals surface area contributed by atoms with Gasteiger partial charge in [-0.2, -0.15) is 0 Å². The molecule has 1 unspecified atom stereocenters. The van der Waals surface area contributed by atoms with E-state index in [0.717, 1.165) is 12.0 Å². The molecule has 1 aromatic heterocycles. The molecule has 0 radical (unpaired) electrons. The number of aromatic nitrogens is 1. The summed E-state index contributed by atoms with van der Waals surface area (Å²) in [6, 6.07) is 6.67. The normalized spacial score (nSPS) is 17.4. The van der Waals surface area contributed by atoms with E-state index in [4.69, 9.17) is 4.74 Å². The summed E-state index contributed by atoms with van der Waals surface area (Å²) in [4.78, 5) is 18.3. The molecule has 1 aromatic carbocycles. The number of hydrogen-bond donors (Lipinski definition) is 1. The molecule has 2 aromatic rings. The van der Waals surface area contributed by atoms with E-state index in [1.165, 1.54) is 17.4 Å². The molecular formula is C17H21N3O4S2. The van der Waals surface area contributed by atoms with Gasteiger partial charge in [0, 0.05) is 37.5 Å². The number of likely N-dealkylation sites (tertiary alicyclic amines) is 1. The lowest BCUT2D eigenvalue weighted by atomic mass is 10.2. The van der Waals surface area contributed by atoms with E-state index in [0.29, 0.717) is 18.3 Å². The highest BCUT2D eigenvalue weighted by molar-refractivity contribution is 7.89. The van der Waals surface area contributed by atoms with Crippen LogP contribution in [0.2, 0.25) is 0 Å². The molecule has 1 fully saturated rings. The van der Waals surface area contributed by atoms with Crippen molar-refractivity contribution in [3.8, 4) is 5.19 Å². The molecule has 1 aliphatic heterocycles. The first-order valence-corrected chi connectivity index (χ1v) is 10.7. The predicted molar refractivity (Wildman–Crippen MR) is 98.7 cm³/mol. The third-order valence-electron chi connectivity index (χ3n) is 4.11. The first-order valence-electron chi connectivity index (χ1n) is 8.34. The first-order chi connectivity index (χ1) is 12.4. The Morgan fingerprint density at radius 1 is 1.46 bits per heavy atom. The standard InChI is InChI=1S/C17H21N3O4S2/c1-13-3-2-4-15(11-13)26(22,23)19-7-5-16(21)20-9-6-14(12-20)24-17-18-8-10-25-17/h2-4,8,10-11,14,19H,5-7,9,12H2,1H3. The molecule has 1 aliphatic rings. The number of thiazole rings is 1. The van der Waals surface area contributed by atoms with Crippen molar-refractivity contribution in [3.63, 3.8) is 0 Å². The van der Waals surface area contributed by atoms with Gasteiger partial charge in [0.05, 0.1) is 11.4 Å². The Balaban J connectivity index is 1.45. The Kier molecular flexibility index (Phi) is 5.90. The van der Waals surface area contributed by atoms with Crippen LogP contribution in [-0.4, -0.2) is 49.9 Å². The lowest BCUT2D eigenvalue weighted by Crippen LogP contribution is -2.34. The second-order valence-corrected chi connectivity index (χ2v) is 8.75. The van der Waals surface area contributed by atoms with Crippen LogP contribution in [-0.2, 0) is 14.8 Å². The zero-order valence-electron chi connectivity index (χ0n) is 14.4. The SMILES string of the molecule is Cc1cccc(S(=O)(=O)NCCC(=O)N2CCC(Oc3nccs3)C2)c1. The molecule has 140 valence electrons. The van der Waals surface area contributed by atoms with E-state index in [2.05, 4.69) is 9.71 Å². The molecular weight excluding hydrogens is 374 g/mol. The average molecular weight is 396 g/mol. The van der Waals surface area contributed by atoms with Gasteiger partial charge >= 0.3 is 0 Å². The Bertz CT molecular complexity index is 853. The van der Waals surface area contributed by atoms with E-state index in [-0.39, 0.29) is 29.9 Å². The molecule has 0 aliphatic carbocycles. The van der Waals surface area contributed by atoms with Gasteiger partial charge in [-0.15, -0.1) is 0 Å². The Labute approximate surface area is 157 Å². The van der Waals surface area contributed by atoms with Crippen LogP contribution in [0, 0.1) is 6.92 Å². The maximum absolute atomic E-state index is 12.3. The largest absolute Gasteiger partial charge is 0.465 e. The van der Waals surface area contributed by atoms with Crippen molar-refractivity contribution in [2.45, 2.75) is 30.8 Å². The van der Waals surface area contributed by atoms with Crippen LogP contribution in [0.25, 0.3) is 0 Å². The van der Waals surface area contributed by atoms with Gasteiger partial charge in [-0.05, 0) is 24.6 Å². The van der Waals surface area contributed by atoms with Crippen molar-refractivity contribution in [3.05, 3.63) is 41.4 Å². The lowest BCUT2D eigenvalue weighted by molar-refractivity contribution is -0.130. The van der Waals surface area contributed by atoms with Crippen LogP contribution in [0.5, 0.6) is 5.19 Å². The minimum Gasteiger partial charge on any atom is -0.465 e. The highest BCUT2D eigenvalue weighted by atomic mass is 32.2. The number of ether oxygens (including phenoxy) is 1. The zero-order valence-corrected chi connectivity index (χ0v) is 16.1. The molecule has 1 atom stereocenters. The minimum absolute atomic E-state index is 0.0610. The number of amides is 1. The molecule has 9 heteroatoms. The third kappa shape index (κ3) is 4.80. The number of nitrogens with zero attached hydrogens (tertiary/aromatic N) is 2. The van der Waals surface area contributed by atoms with Gasteiger partial charge in [-0.25, -0.2) is 18.1 Å². The quantitative estimate of drug-likeness (QED) is 0.772. The monoisotopic (exact) mass is 395 g/mol. The Hall–Kier alpha value is -1.97. The number of hydrogen-bond acceptors (Lipinski definition) is 6. The Morgan fingerprint density at radius 2 is 2.31 bits per heavy atom. The molecule has 0 saturated carbocycles. The minimum atomic E-state index is -3.60. The van der Waals surface area contributed by atoms with Gasteiger partial charge in [0.25, 0.3) is 5.19 Å². The lowest BCUT2D eigenvalue weighted by Gasteiger charge is -2.16. The molecule has 1 N–H and O–H groups in total. The van der Waals surface area contributed by atoms with Crippen LogP contribution in [0.3, 0.4) is 0 Å². The van der Waals surface area contributed by atoms with Crippen molar-refractivity contribution in [1.29, 1.82) is 0 Å². The first kappa shape index (κ1) is 18.8. The fourth-order valence-corrected chi connectivity index (χ4v) is 4.47. The molecule has 0 bridgehead atoms. The summed E-state index contributed by atoms with van der Waals surface area (Å²) < 4.78 is 32.7. The maximum Gasteiger partial charge on any atom is 0.273 e. The number of carbonyl (C=O) groups is 1. The summed E-state index contributed by atoms with van der Waals surface area (Å²) in [5.41, 5.74) is 0.868.